The third kappa shape index (κ3) is 2.00. The van der Waals surface area contributed by atoms with E-state index in [1.807, 2.05) is 0 Å². The number of halogens is 2. The van der Waals surface area contributed by atoms with Crippen molar-refractivity contribution in [1.29, 1.82) is 0 Å². The van der Waals surface area contributed by atoms with Crippen molar-refractivity contribution in [2.75, 3.05) is 6.54 Å². The Kier molecular flexibility index (Phi) is 2.73. The highest BCUT2D eigenvalue weighted by Gasteiger charge is 2.46. The van der Waals surface area contributed by atoms with E-state index in [4.69, 9.17) is 0 Å². The first-order chi connectivity index (χ1) is 6.37. The van der Waals surface area contributed by atoms with Gasteiger partial charge >= 0.3 is 0 Å². The van der Waals surface area contributed by atoms with Gasteiger partial charge in [0.05, 0.1) is 12.6 Å². The lowest BCUT2D eigenvalue weighted by Crippen LogP contribution is -2.35. The van der Waals surface area contributed by atoms with Gasteiger partial charge in [-0.3, -0.25) is 4.79 Å². The fraction of sp³-hybridized carbons (Fsp3) is 0.500. The predicted molar refractivity (Wildman–Crippen MR) is 50.1 cm³/mol. The van der Waals surface area contributed by atoms with Gasteiger partial charge in [0.25, 0.3) is 5.92 Å². The Balaban J connectivity index is 2.88. The predicted octanol–water partition coefficient (Wildman–Crippen LogP) is 1.98. The number of nitrogens with zero attached hydrogens (tertiary/aromatic N) is 1. The third-order valence-corrected chi connectivity index (χ3v) is 2.30. The summed E-state index contributed by atoms with van der Waals surface area (Å²) in [6, 6.07) is -0.560. The van der Waals surface area contributed by atoms with Crippen molar-refractivity contribution >= 4 is 5.91 Å². The van der Waals surface area contributed by atoms with Gasteiger partial charge < -0.3 is 4.90 Å². The van der Waals surface area contributed by atoms with Crippen LogP contribution in [-0.2, 0) is 4.79 Å². The van der Waals surface area contributed by atoms with Gasteiger partial charge in [-0.2, -0.15) is 0 Å². The molecule has 1 fully saturated rings. The molecule has 0 unspecified atom stereocenters. The number of hydrogen-bond acceptors (Lipinski definition) is 1. The average Bonchev–Trinajstić information content (AvgIpc) is 2.40. The van der Waals surface area contributed by atoms with Crippen molar-refractivity contribution in [2.24, 2.45) is 0 Å². The topological polar surface area (TPSA) is 20.3 Å². The molecule has 0 N–H and O–H groups in total. The molecule has 1 rings (SSSR count). The number of amides is 1. The summed E-state index contributed by atoms with van der Waals surface area (Å²) in [6.07, 6.45) is 0.721. The first kappa shape index (κ1) is 10.9. The summed E-state index contributed by atoms with van der Waals surface area (Å²) in [5.74, 6) is -3.27. The van der Waals surface area contributed by atoms with E-state index in [-0.39, 0.29) is 6.42 Å². The molecule has 1 amide bonds. The van der Waals surface area contributed by atoms with Crippen LogP contribution in [0.15, 0.2) is 24.8 Å². The van der Waals surface area contributed by atoms with Crippen LogP contribution in [0.1, 0.15) is 13.3 Å². The highest BCUT2D eigenvalue weighted by molar-refractivity contribution is 5.87. The molecule has 0 radical (unpaired) electrons. The molecule has 4 heteroatoms. The normalized spacial score (nSPS) is 24.8. The van der Waals surface area contributed by atoms with Crippen molar-refractivity contribution in [3.8, 4) is 0 Å². The van der Waals surface area contributed by atoms with E-state index in [9.17, 15) is 13.6 Å². The van der Waals surface area contributed by atoms with Crippen molar-refractivity contribution in [3.63, 3.8) is 0 Å². The van der Waals surface area contributed by atoms with Crippen LogP contribution in [0.25, 0.3) is 0 Å². The van der Waals surface area contributed by atoms with E-state index in [0.717, 1.165) is 11.0 Å². The monoisotopic (exact) mass is 201 g/mol. The van der Waals surface area contributed by atoms with Crippen LogP contribution in [-0.4, -0.2) is 29.3 Å². The first-order valence-corrected chi connectivity index (χ1v) is 4.33. The fourth-order valence-corrected chi connectivity index (χ4v) is 1.61. The molecule has 0 aromatic carbocycles. The van der Waals surface area contributed by atoms with Crippen molar-refractivity contribution < 1.29 is 13.6 Å². The first-order valence-electron chi connectivity index (χ1n) is 4.33. The number of carbonyl (C=O) groups is 1. The van der Waals surface area contributed by atoms with Gasteiger partial charge in [0, 0.05) is 6.42 Å². The van der Waals surface area contributed by atoms with Gasteiger partial charge in [0.2, 0.25) is 5.91 Å². The molecule has 0 bridgehead atoms. The molecule has 1 atom stereocenters. The molecule has 1 aliphatic heterocycles. The van der Waals surface area contributed by atoms with Gasteiger partial charge in [0.15, 0.2) is 0 Å². The minimum atomic E-state index is -2.80. The summed E-state index contributed by atoms with van der Waals surface area (Å²) in [5, 5.41) is 0. The standard InChI is InChI=1S/C10H13F2NO/c1-4-9(14)13-6-10(11,12)5-8(13)7(2)3/h4,8H,1-2,5-6H2,3H3/t8-/m0/s1. The zero-order chi connectivity index (χ0) is 10.9. The van der Waals surface area contributed by atoms with Crippen LogP contribution in [0, 0.1) is 0 Å². The number of rotatable bonds is 2. The number of carbonyl (C=O) groups excluding carboxylic acids is 1. The summed E-state index contributed by atoms with van der Waals surface area (Å²) >= 11 is 0. The summed E-state index contributed by atoms with van der Waals surface area (Å²) in [6.45, 7) is 8.00. The van der Waals surface area contributed by atoms with E-state index in [1.165, 1.54) is 0 Å². The van der Waals surface area contributed by atoms with Crippen LogP contribution in [0.3, 0.4) is 0 Å². The van der Waals surface area contributed by atoms with Crippen molar-refractivity contribution in [1.82, 2.24) is 4.90 Å². The van der Waals surface area contributed by atoms with Gasteiger partial charge in [-0.05, 0) is 13.0 Å². The second-order valence-corrected chi connectivity index (χ2v) is 3.59. The largest absolute Gasteiger partial charge is 0.326 e. The van der Waals surface area contributed by atoms with Crippen LogP contribution in [0.4, 0.5) is 8.78 Å². The Hall–Kier alpha value is -1.19. The van der Waals surface area contributed by atoms with E-state index in [2.05, 4.69) is 13.2 Å². The fourth-order valence-electron chi connectivity index (χ4n) is 1.61. The second-order valence-electron chi connectivity index (χ2n) is 3.59. The number of likely N-dealkylation sites (tertiary alicyclic amines) is 1. The van der Waals surface area contributed by atoms with Gasteiger partial charge in [-0.15, -0.1) is 0 Å². The third-order valence-electron chi connectivity index (χ3n) is 2.30. The van der Waals surface area contributed by atoms with E-state index in [1.54, 1.807) is 6.92 Å². The van der Waals surface area contributed by atoms with Crippen molar-refractivity contribution in [3.05, 3.63) is 24.8 Å². The Morgan fingerprint density at radius 2 is 2.21 bits per heavy atom. The van der Waals surface area contributed by atoms with Crippen LogP contribution in [0.5, 0.6) is 0 Å². The molecule has 2 nitrogen and oxygen atoms in total. The molecule has 1 aliphatic rings. The maximum atomic E-state index is 13.0. The minimum Gasteiger partial charge on any atom is -0.326 e. The lowest BCUT2D eigenvalue weighted by Gasteiger charge is -2.22. The van der Waals surface area contributed by atoms with Gasteiger partial charge in [0.1, 0.15) is 0 Å². The smallest absolute Gasteiger partial charge is 0.267 e. The Bertz CT molecular complexity index is 286. The Morgan fingerprint density at radius 3 is 2.64 bits per heavy atom. The van der Waals surface area contributed by atoms with Crippen LogP contribution >= 0.6 is 0 Å². The number of alkyl halides is 2. The van der Waals surface area contributed by atoms with Gasteiger partial charge in [-0.1, -0.05) is 18.7 Å². The Morgan fingerprint density at radius 1 is 1.64 bits per heavy atom. The molecule has 0 aromatic heterocycles. The highest BCUT2D eigenvalue weighted by Crippen LogP contribution is 2.34. The molecule has 1 heterocycles. The molecule has 0 spiro atoms. The molecule has 0 aromatic rings. The minimum absolute atomic E-state index is 0.331. The molecular formula is C10H13F2NO. The zero-order valence-electron chi connectivity index (χ0n) is 8.09. The molecule has 14 heavy (non-hydrogen) atoms. The van der Waals surface area contributed by atoms with Gasteiger partial charge in [-0.25, -0.2) is 8.78 Å². The SMILES string of the molecule is C=CC(=O)N1CC(F)(F)C[C@H]1C(=C)C. The molecular weight excluding hydrogens is 188 g/mol. The molecule has 78 valence electrons. The zero-order valence-corrected chi connectivity index (χ0v) is 8.09. The van der Waals surface area contributed by atoms with E-state index >= 15 is 0 Å². The second kappa shape index (κ2) is 3.52. The summed E-state index contributed by atoms with van der Waals surface area (Å²) in [4.78, 5) is 12.4. The Labute approximate surface area is 81.9 Å². The molecule has 0 aliphatic carbocycles. The summed E-state index contributed by atoms with van der Waals surface area (Å²) in [5.41, 5.74) is 0.581. The summed E-state index contributed by atoms with van der Waals surface area (Å²) in [7, 11) is 0. The number of hydrogen-bond donors (Lipinski definition) is 0. The van der Waals surface area contributed by atoms with Crippen LogP contribution in [0.2, 0.25) is 0 Å². The highest BCUT2D eigenvalue weighted by atomic mass is 19.3. The van der Waals surface area contributed by atoms with Crippen molar-refractivity contribution in [2.45, 2.75) is 25.3 Å². The molecule has 1 saturated heterocycles. The summed E-state index contributed by atoms with van der Waals surface area (Å²) < 4.78 is 26.1. The lowest BCUT2D eigenvalue weighted by atomic mass is 10.1. The maximum absolute atomic E-state index is 13.0. The molecule has 0 saturated carbocycles. The lowest BCUT2D eigenvalue weighted by molar-refractivity contribution is -0.127. The maximum Gasteiger partial charge on any atom is 0.267 e. The average molecular weight is 201 g/mol. The van der Waals surface area contributed by atoms with E-state index < -0.39 is 24.4 Å². The van der Waals surface area contributed by atoms with E-state index in [0.29, 0.717) is 5.57 Å². The van der Waals surface area contributed by atoms with Crippen LogP contribution < -0.4 is 0 Å². The quantitative estimate of drug-likeness (QED) is 0.494.